The maximum Gasteiger partial charge on any atom is 0.240 e. The van der Waals surface area contributed by atoms with Crippen molar-refractivity contribution in [1.29, 1.82) is 0 Å². The number of benzene rings is 2. The van der Waals surface area contributed by atoms with Gasteiger partial charge in [-0.1, -0.05) is 12.1 Å². The van der Waals surface area contributed by atoms with Crippen molar-refractivity contribution in [3.05, 3.63) is 48.5 Å². The van der Waals surface area contributed by atoms with Crippen molar-refractivity contribution in [2.45, 2.75) is 5.16 Å². The van der Waals surface area contributed by atoms with Crippen LogP contribution in [0.2, 0.25) is 0 Å². The van der Waals surface area contributed by atoms with Gasteiger partial charge < -0.3 is 15.2 Å². The van der Waals surface area contributed by atoms with E-state index in [-0.39, 0.29) is 5.16 Å². The molecule has 3 aromatic rings. The van der Waals surface area contributed by atoms with E-state index in [0.29, 0.717) is 16.7 Å². The first-order valence-corrected chi connectivity index (χ1v) is 9.25. The summed E-state index contributed by atoms with van der Waals surface area (Å²) in [4.78, 5) is 20.8. The van der Waals surface area contributed by atoms with E-state index in [1.54, 1.807) is 36.4 Å². The number of rotatable bonds is 5. The molecule has 0 saturated carbocycles. The van der Waals surface area contributed by atoms with E-state index in [4.69, 9.17) is 0 Å². The lowest BCUT2D eigenvalue weighted by Crippen LogP contribution is -2.23. The number of para-hydroxylation sites is 2. The number of nitrogens with one attached hydrogen (secondary N) is 2. The third-order valence-electron chi connectivity index (χ3n) is 3.65. The summed E-state index contributed by atoms with van der Waals surface area (Å²) in [5, 5.41) is 2.39. The first kappa shape index (κ1) is 17.0. The van der Waals surface area contributed by atoms with Gasteiger partial charge in [0, 0.05) is 25.5 Å². The highest BCUT2D eigenvalue weighted by Crippen LogP contribution is 2.17. The zero-order chi connectivity index (χ0) is 18.0. The van der Waals surface area contributed by atoms with E-state index >= 15 is 0 Å². The number of aromatic nitrogens is 2. The summed E-state index contributed by atoms with van der Waals surface area (Å²) < 4.78 is 24.8. The molecule has 1 aromatic heterocycles. The van der Waals surface area contributed by atoms with Gasteiger partial charge in [-0.05, 0) is 36.4 Å². The predicted octanol–water partition coefficient (Wildman–Crippen LogP) is 2.04. The van der Waals surface area contributed by atoms with Crippen molar-refractivity contribution >= 4 is 38.2 Å². The minimum Gasteiger partial charge on any atom is -0.378 e. The van der Waals surface area contributed by atoms with Crippen molar-refractivity contribution in [2.75, 3.05) is 30.1 Å². The molecule has 3 rings (SSSR count). The minimum atomic E-state index is -3.85. The second-order valence-electron chi connectivity index (χ2n) is 5.81. The highest BCUT2D eigenvalue weighted by Gasteiger charge is 2.23. The molecule has 0 bridgehead atoms. The quantitative estimate of drug-likeness (QED) is 0.728. The van der Waals surface area contributed by atoms with E-state index in [9.17, 15) is 13.2 Å². The molecule has 0 radical (unpaired) electrons. The van der Waals surface area contributed by atoms with Gasteiger partial charge >= 0.3 is 0 Å². The smallest absolute Gasteiger partial charge is 0.240 e. The molecule has 2 aromatic carbocycles. The van der Waals surface area contributed by atoms with Gasteiger partial charge in [0.2, 0.25) is 20.9 Å². The minimum absolute atomic E-state index is 0.202. The molecule has 25 heavy (non-hydrogen) atoms. The summed E-state index contributed by atoms with van der Waals surface area (Å²) in [6.07, 6.45) is 0. The number of nitrogens with zero attached hydrogens (tertiary/aromatic N) is 2. The Morgan fingerprint density at radius 2 is 1.80 bits per heavy atom. The number of anilines is 2. The summed E-state index contributed by atoms with van der Waals surface area (Å²) >= 11 is 0. The van der Waals surface area contributed by atoms with E-state index in [2.05, 4.69) is 15.3 Å². The van der Waals surface area contributed by atoms with Gasteiger partial charge in [0.15, 0.2) is 0 Å². The number of amides is 1. The number of sulfone groups is 1. The summed E-state index contributed by atoms with van der Waals surface area (Å²) in [6, 6.07) is 14.1. The SMILES string of the molecule is CN(C)c1ccc(NC(=O)CS(=O)(=O)c2nc3ccccc3[nH]2)cc1. The van der Waals surface area contributed by atoms with E-state index in [1.807, 2.05) is 31.1 Å². The maximum atomic E-state index is 12.4. The standard InChI is InChI=1S/C17H18N4O3S/c1-21(2)13-9-7-12(8-10-13)18-16(22)11-25(23,24)17-19-14-5-3-4-6-15(14)20-17/h3-10H,11H2,1-2H3,(H,18,22)(H,19,20). The lowest BCUT2D eigenvalue weighted by Gasteiger charge is -2.13. The third kappa shape index (κ3) is 3.80. The fourth-order valence-corrected chi connectivity index (χ4v) is 3.41. The van der Waals surface area contributed by atoms with Crippen LogP contribution in [-0.4, -0.2) is 44.1 Å². The van der Waals surface area contributed by atoms with Crippen LogP contribution in [0.1, 0.15) is 0 Å². The molecular weight excluding hydrogens is 340 g/mol. The van der Waals surface area contributed by atoms with Crippen molar-refractivity contribution in [1.82, 2.24) is 9.97 Å². The summed E-state index contributed by atoms with van der Waals surface area (Å²) in [5.74, 6) is -1.29. The predicted molar refractivity (Wildman–Crippen MR) is 97.5 cm³/mol. The number of imidazole rings is 1. The Morgan fingerprint density at radius 3 is 2.44 bits per heavy atom. The molecule has 0 aliphatic carbocycles. The zero-order valence-electron chi connectivity index (χ0n) is 13.9. The molecule has 0 atom stereocenters. The Balaban J connectivity index is 1.72. The largest absolute Gasteiger partial charge is 0.378 e. The van der Waals surface area contributed by atoms with Crippen LogP contribution < -0.4 is 10.2 Å². The maximum absolute atomic E-state index is 12.4. The number of H-pyrrole nitrogens is 1. The Labute approximate surface area is 145 Å². The molecule has 0 saturated heterocycles. The summed E-state index contributed by atoms with van der Waals surface area (Å²) in [5.41, 5.74) is 2.67. The highest BCUT2D eigenvalue weighted by molar-refractivity contribution is 7.92. The first-order valence-electron chi connectivity index (χ1n) is 7.60. The van der Waals surface area contributed by atoms with Gasteiger partial charge in [0.25, 0.3) is 0 Å². The van der Waals surface area contributed by atoms with Crippen molar-refractivity contribution in [3.8, 4) is 0 Å². The number of hydrogen-bond acceptors (Lipinski definition) is 5. The number of fused-ring (bicyclic) bond motifs is 1. The third-order valence-corrected chi connectivity index (χ3v) is 5.08. The van der Waals surface area contributed by atoms with Crippen LogP contribution in [0.3, 0.4) is 0 Å². The van der Waals surface area contributed by atoms with Crippen LogP contribution in [-0.2, 0) is 14.6 Å². The highest BCUT2D eigenvalue weighted by atomic mass is 32.2. The van der Waals surface area contributed by atoms with Crippen LogP contribution in [0.4, 0.5) is 11.4 Å². The number of carbonyl (C=O) groups is 1. The van der Waals surface area contributed by atoms with Crippen LogP contribution in [0.15, 0.2) is 53.7 Å². The molecule has 0 aliphatic heterocycles. The lowest BCUT2D eigenvalue weighted by atomic mass is 10.2. The molecule has 1 heterocycles. The molecular formula is C17H18N4O3S. The molecule has 0 unspecified atom stereocenters. The van der Waals surface area contributed by atoms with Crippen molar-refractivity contribution in [3.63, 3.8) is 0 Å². The summed E-state index contributed by atoms with van der Waals surface area (Å²) in [7, 11) is -0.0296. The van der Waals surface area contributed by atoms with E-state index in [1.165, 1.54) is 0 Å². The molecule has 8 heteroatoms. The monoisotopic (exact) mass is 358 g/mol. The molecule has 2 N–H and O–H groups in total. The molecule has 130 valence electrons. The molecule has 0 spiro atoms. The van der Waals surface area contributed by atoms with Gasteiger partial charge in [-0.15, -0.1) is 0 Å². The van der Waals surface area contributed by atoms with Crippen LogP contribution >= 0.6 is 0 Å². The molecule has 1 amide bonds. The second kappa shape index (κ2) is 6.56. The fraction of sp³-hybridized carbons (Fsp3) is 0.176. The Morgan fingerprint density at radius 1 is 1.12 bits per heavy atom. The zero-order valence-corrected chi connectivity index (χ0v) is 14.7. The topological polar surface area (TPSA) is 95.2 Å². The van der Waals surface area contributed by atoms with E-state index < -0.39 is 21.5 Å². The average Bonchev–Trinajstić information content (AvgIpc) is 3.00. The average molecular weight is 358 g/mol. The number of aromatic amines is 1. The van der Waals surface area contributed by atoms with E-state index in [0.717, 1.165) is 5.69 Å². The van der Waals surface area contributed by atoms with Crippen LogP contribution in [0.5, 0.6) is 0 Å². The van der Waals surface area contributed by atoms with Gasteiger partial charge in [-0.2, -0.15) is 0 Å². The number of hydrogen-bond donors (Lipinski definition) is 2. The normalized spacial score (nSPS) is 11.4. The molecule has 7 nitrogen and oxygen atoms in total. The molecule has 0 fully saturated rings. The fourth-order valence-electron chi connectivity index (χ4n) is 2.36. The van der Waals surface area contributed by atoms with Gasteiger partial charge in [0.05, 0.1) is 11.0 Å². The Bertz CT molecular complexity index is 975. The van der Waals surface area contributed by atoms with Crippen LogP contribution in [0, 0.1) is 0 Å². The van der Waals surface area contributed by atoms with Crippen molar-refractivity contribution < 1.29 is 13.2 Å². The lowest BCUT2D eigenvalue weighted by molar-refractivity contribution is -0.113. The number of carbonyl (C=O) groups excluding carboxylic acids is 1. The first-order chi connectivity index (χ1) is 11.8. The summed E-state index contributed by atoms with van der Waals surface area (Å²) in [6.45, 7) is 0. The van der Waals surface area contributed by atoms with Crippen molar-refractivity contribution in [2.24, 2.45) is 0 Å². The van der Waals surface area contributed by atoms with Crippen LogP contribution in [0.25, 0.3) is 11.0 Å². The second-order valence-corrected chi connectivity index (χ2v) is 7.71. The van der Waals surface area contributed by atoms with Gasteiger partial charge in [0.1, 0.15) is 5.75 Å². The van der Waals surface area contributed by atoms with Gasteiger partial charge in [-0.25, -0.2) is 13.4 Å². The Kier molecular flexibility index (Phi) is 4.45. The van der Waals surface area contributed by atoms with Gasteiger partial charge in [-0.3, -0.25) is 4.79 Å². The Hall–Kier alpha value is -2.87. The molecule has 0 aliphatic rings.